The van der Waals surface area contributed by atoms with Crippen LogP contribution >= 0.6 is 12.2 Å². The predicted octanol–water partition coefficient (Wildman–Crippen LogP) is 2.35. The van der Waals surface area contributed by atoms with Crippen LogP contribution in [0.1, 0.15) is 19.4 Å². The Labute approximate surface area is 147 Å². The van der Waals surface area contributed by atoms with Crippen LogP contribution in [0, 0.1) is 0 Å². The molecule has 1 saturated heterocycles. The van der Waals surface area contributed by atoms with Crippen molar-refractivity contribution in [1.82, 2.24) is 10.2 Å². The predicted molar refractivity (Wildman–Crippen MR) is 101 cm³/mol. The zero-order valence-electron chi connectivity index (χ0n) is 13.9. The quantitative estimate of drug-likeness (QED) is 0.373. The highest BCUT2D eigenvalue weighted by Gasteiger charge is 2.32. The van der Waals surface area contributed by atoms with Gasteiger partial charge in [0.25, 0.3) is 11.8 Å². The third-order valence-electron chi connectivity index (χ3n) is 3.83. The van der Waals surface area contributed by atoms with Crippen molar-refractivity contribution >= 4 is 40.9 Å². The van der Waals surface area contributed by atoms with Gasteiger partial charge < -0.3 is 4.90 Å². The molecule has 5 nitrogen and oxygen atoms in total. The van der Waals surface area contributed by atoms with E-state index in [0.29, 0.717) is 0 Å². The minimum absolute atomic E-state index is 0.0704. The van der Waals surface area contributed by atoms with Crippen LogP contribution in [0.15, 0.2) is 42.5 Å². The first-order chi connectivity index (χ1) is 11.5. The highest BCUT2D eigenvalue weighted by Crippen LogP contribution is 2.18. The molecule has 0 aliphatic carbocycles. The molecule has 1 aromatic rings. The summed E-state index contributed by atoms with van der Waals surface area (Å²) in [7, 11) is 0. The summed E-state index contributed by atoms with van der Waals surface area (Å²) in [5.41, 5.74) is 1.97. The largest absolute Gasteiger partial charge is 0.372 e. The van der Waals surface area contributed by atoms with Crippen molar-refractivity contribution in [2.45, 2.75) is 13.8 Å². The minimum Gasteiger partial charge on any atom is -0.372 e. The molecule has 126 valence electrons. The first-order valence-electron chi connectivity index (χ1n) is 7.86. The maximum absolute atomic E-state index is 12.5. The van der Waals surface area contributed by atoms with E-state index in [1.807, 2.05) is 24.3 Å². The zero-order chi connectivity index (χ0) is 17.7. The topological polar surface area (TPSA) is 52.7 Å². The molecule has 1 N–H and O–H groups in total. The molecule has 0 spiro atoms. The molecule has 1 heterocycles. The van der Waals surface area contributed by atoms with Gasteiger partial charge in [-0.3, -0.25) is 19.8 Å². The molecule has 1 aliphatic heterocycles. The van der Waals surface area contributed by atoms with Gasteiger partial charge in [0.15, 0.2) is 5.11 Å². The third-order valence-corrected chi connectivity index (χ3v) is 4.15. The van der Waals surface area contributed by atoms with Crippen molar-refractivity contribution in [3.63, 3.8) is 0 Å². The lowest BCUT2D eigenvalue weighted by Crippen LogP contribution is -2.53. The Balaban J connectivity index is 2.28. The molecule has 2 rings (SSSR count). The lowest BCUT2D eigenvalue weighted by Gasteiger charge is -2.27. The summed E-state index contributed by atoms with van der Waals surface area (Å²) in [5.74, 6) is -0.880. The van der Waals surface area contributed by atoms with E-state index in [1.165, 1.54) is 4.90 Å². The minimum atomic E-state index is -0.474. The summed E-state index contributed by atoms with van der Waals surface area (Å²) >= 11 is 5.03. The smallest absolute Gasteiger partial charge is 0.265 e. The normalized spacial score (nSPS) is 16.3. The number of carbonyl (C=O) groups excluding carboxylic acids is 2. The van der Waals surface area contributed by atoms with Crippen molar-refractivity contribution in [1.29, 1.82) is 0 Å². The highest BCUT2D eigenvalue weighted by molar-refractivity contribution is 7.80. The number of anilines is 1. The van der Waals surface area contributed by atoms with Crippen LogP contribution in [0.5, 0.6) is 0 Å². The van der Waals surface area contributed by atoms with Crippen molar-refractivity contribution in [3.8, 4) is 0 Å². The van der Waals surface area contributed by atoms with Gasteiger partial charge in [-0.25, -0.2) is 0 Å². The van der Waals surface area contributed by atoms with Crippen LogP contribution in [-0.2, 0) is 9.59 Å². The second kappa shape index (κ2) is 7.88. The molecule has 6 heteroatoms. The lowest BCUT2D eigenvalue weighted by atomic mass is 10.1. The van der Waals surface area contributed by atoms with E-state index < -0.39 is 11.8 Å². The average Bonchev–Trinajstić information content (AvgIpc) is 2.58. The Kier molecular flexibility index (Phi) is 5.87. The van der Waals surface area contributed by atoms with Gasteiger partial charge in [0.1, 0.15) is 5.57 Å². The van der Waals surface area contributed by atoms with Crippen LogP contribution in [0.25, 0.3) is 6.08 Å². The Bertz CT molecular complexity index is 691. The van der Waals surface area contributed by atoms with E-state index >= 15 is 0 Å². The van der Waals surface area contributed by atoms with Gasteiger partial charge in [-0.1, -0.05) is 18.2 Å². The molecule has 0 bridgehead atoms. The zero-order valence-corrected chi connectivity index (χ0v) is 14.7. The monoisotopic (exact) mass is 343 g/mol. The molecule has 1 aliphatic rings. The summed E-state index contributed by atoms with van der Waals surface area (Å²) < 4.78 is 0. The van der Waals surface area contributed by atoms with E-state index in [9.17, 15) is 9.59 Å². The Hall–Kier alpha value is -2.47. The van der Waals surface area contributed by atoms with E-state index in [-0.39, 0.29) is 17.2 Å². The van der Waals surface area contributed by atoms with Gasteiger partial charge >= 0.3 is 0 Å². The number of thiocarbonyl (C=S) groups is 1. The Morgan fingerprint density at radius 1 is 1.21 bits per heavy atom. The molecule has 0 atom stereocenters. The first-order valence-corrected chi connectivity index (χ1v) is 8.27. The summed E-state index contributed by atoms with van der Waals surface area (Å²) in [6.45, 7) is 9.91. The summed E-state index contributed by atoms with van der Waals surface area (Å²) in [4.78, 5) is 28.1. The first kappa shape index (κ1) is 17.9. The molecule has 0 radical (unpaired) electrons. The standard InChI is InChI=1S/C18H21N3O2S/c1-4-11-21-17(23)15(16(22)19-18(21)24)12-13-7-9-14(10-8-13)20(5-2)6-3/h4,7-10,12H,1,5-6,11H2,2-3H3,(H,19,22,24)/b15-12+. The lowest BCUT2D eigenvalue weighted by molar-refractivity contribution is -0.128. The van der Waals surface area contributed by atoms with Gasteiger partial charge in [-0.2, -0.15) is 0 Å². The van der Waals surface area contributed by atoms with Gasteiger partial charge in [0.05, 0.1) is 0 Å². The van der Waals surface area contributed by atoms with E-state index in [4.69, 9.17) is 12.2 Å². The Morgan fingerprint density at radius 3 is 2.38 bits per heavy atom. The number of rotatable bonds is 6. The molecule has 2 amide bonds. The van der Waals surface area contributed by atoms with Crippen molar-refractivity contribution in [2.75, 3.05) is 24.5 Å². The van der Waals surface area contributed by atoms with Crippen molar-refractivity contribution < 1.29 is 9.59 Å². The van der Waals surface area contributed by atoms with Crippen LogP contribution < -0.4 is 10.2 Å². The number of hydrogen-bond acceptors (Lipinski definition) is 4. The maximum atomic E-state index is 12.5. The number of benzene rings is 1. The second-order valence-electron chi connectivity index (χ2n) is 5.29. The fourth-order valence-corrected chi connectivity index (χ4v) is 2.78. The summed E-state index contributed by atoms with van der Waals surface area (Å²) in [5, 5.41) is 2.65. The number of amides is 2. The van der Waals surface area contributed by atoms with Crippen LogP contribution in [0.4, 0.5) is 5.69 Å². The van der Waals surface area contributed by atoms with Crippen LogP contribution in [0.3, 0.4) is 0 Å². The summed E-state index contributed by atoms with van der Waals surface area (Å²) in [6, 6.07) is 7.76. The van der Waals surface area contributed by atoms with Gasteiger partial charge in [-0.05, 0) is 49.8 Å². The number of nitrogens with one attached hydrogen (secondary N) is 1. The van der Waals surface area contributed by atoms with Crippen molar-refractivity contribution in [2.24, 2.45) is 0 Å². The van der Waals surface area contributed by atoms with Crippen LogP contribution in [0.2, 0.25) is 0 Å². The molecule has 1 aromatic carbocycles. The average molecular weight is 343 g/mol. The third kappa shape index (κ3) is 3.71. The molecule has 0 unspecified atom stereocenters. The SMILES string of the molecule is C=CCN1C(=O)/C(=C/c2ccc(N(CC)CC)cc2)C(=O)NC1=S. The molecule has 0 saturated carbocycles. The highest BCUT2D eigenvalue weighted by atomic mass is 32.1. The van der Waals surface area contributed by atoms with Crippen LogP contribution in [-0.4, -0.2) is 41.5 Å². The van der Waals surface area contributed by atoms with Gasteiger partial charge in [0.2, 0.25) is 0 Å². The Morgan fingerprint density at radius 2 is 1.83 bits per heavy atom. The molecule has 24 heavy (non-hydrogen) atoms. The molecule has 0 aromatic heterocycles. The van der Waals surface area contributed by atoms with E-state index in [2.05, 4.69) is 30.6 Å². The second-order valence-corrected chi connectivity index (χ2v) is 5.67. The van der Waals surface area contributed by atoms with E-state index in [0.717, 1.165) is 24.3 Å². The maximum Gasteiger partial charge on any atom is 0.265 e. The molecule has 1 fully saturated rings. The fourth-order valence-electron chi connectivity index (χ4n) is 2.53. The molecular formula is C18H21N3O2S. The number of nitrogens with zero attached hydrogens (tertiary/aromatic N) is 2. The van der Waals surface area contributed by atoms with Crippen molar-refractivity contribution in [3.05, 3.63) is 48.1 Å². The molecular weight excluding hydrogens is 322 g/mol. The number of hydrogen-bond donors (Lipinski definition) is 1. The summed E-state index contributed by atoms with van der Waals surface area (Å²) in [6.07, 6.45) is 3.15. The van der Waals surface area contributed by atoms with Gasteiger partial charge in [-0.15, -0.1) is 6.58 Å². The van der Waals surface area contributed by atoms with E-state index in [1.54, 1.807) is 12.2 Å². The van der Waals surface area contributed by atoms with Gasteiger partial charge in [0, 0.05) is 25.3 Å². The fraction of sp³-hybridized carbons (Fsp3) is 0.278. The number of carbonyl (C=O) groups is 2.